The minimum absolute atomic E-state index is 0.386. The monoisotopic (exact) mass is 218 g/mol. The molecule has 2 rings (SSSR count). The Kier molecular flexibility index (Phi) is 3.06. The van der Waals surface area contributed by atoms with Crippen LogP contribution in [0, 0.1) is 0 Å². The van der Waals surface area contributed by atoms with Gasteiger partial charge in [-0.2, -0.15) is 0 Å². The summed E-state index contributed by atoms with van der Waals surface area (Å²) in [5.74, 6) is -0.900. The van der Waals surface area contributed by atoms with Crippen LogP contribution in [0.15, 0.2) is 41.5 Å². The van der Waals surface area contributed by atoms with E-state index in [1.165, 1.54) is 0 Å². The lowest BCUT2D eigenvalue weighted by molar-refractivity contribution is -0.132. The second-order valence-electron chi connectivity index (χ2n) is 4.03. The molecule has 0 amide bonds. The molecule has 1 aliphatic rings. The van der Waals surface area contributed by atoms with E-state index in [2.05, 4.69) is 0 Å². The zero-order valence-electron chi connectivity index (χ0n) is 8.89. The predicted molar refractivity (Wildman–Crippen MR) is 60.0 cm³/mol. The SMILES string of the molecule is O=C(O)C1=C(Cc2ccccc2)C(O)CC1. The number of carboxylic acids is 1. The molecule has 0 aliphatic heterocycles. The van der Waals surface area contributed by atoms with Crippen LogP contribution >= 0.6 is 0 Å². The Balaban J connectivity index is 2.25. The van der Waals surface area contributed by atoms with Crippen molar-refractivity contribution in [1.82, 2.24) is 0 Å². The number of carbonyl (C=O) groups is 1. The molecule has 1 atom stereocenters. The van der Waals surface area contributed by atoms with Gasteiger partial charge in [0.1, 0.15) is 0 Å². The summed E-state index contributed by atoms with van der Waals surface area (Å²) in [7, 11) is 0. The largest absolute Gasteiger partial charge is 0.478 e. The van der Waals surface area contributed by atoms with Gasteiger partial charge in [0.15, 0.2) is 0 Å². The van der Waals surface area contributed by atoms with Gasteiger partial charge in [-0.25, -0.2) is 4.79 Å². The Hall–Kier alpha value is -1.61. The molecule has 0 saturated carbocycles. The van der Waals surface area contributed by atoms with E-state index >= 15 is 0 Å². The summed E-state index contributed by atoms with van der Waals surface area (Å²) in [5, 5.41) is 18.8. The third-order valence-corrected chi connectivity index (χ3v) is 2.95. The Labute approximate surface area is 94.0 Å². The van der Waals surface area contributed by atoms with Gasteiger partial charge in [-0.1, -0.05) is 30.3 Å². The summed E-state index contributed by atoms with van der Waals surface area (Å²) in [4.78, 5) is 11.0. The molecule has 1 aliphatic carbocycles. The van der Waals surface area contributed by atoms with Crippen molar-refractivity contribution in [3.8, 4) is 0 Å². The van der Waals surface area contributed by atoms with Crippen molar-refractivity contribution >= 4 is 5.97 Å². The highest BCUT2D eigenvalue weighted by Crippen LogP contribution is 2.29. The molecular weight excluding hydrogens is 204 g/mol. The van der Waals surface area contributed by atoms with E-state index in [0.29, 0.717) is 30.4 Å². The van der Waals surface area contributed by atoms with Crippen LogP contribution in [0.25, 0.3) is 0 Å². The van der Waals surface area contributed by atoms with Crippen LogP contribution in [0.4, 0.5) is 0 Å². The lowest BCUT2D eigenvalue weighted by atomic mass is 10.0. The van der Waals surface area contributed by atoms with E-state index in [4.69, 9.17) is 5.11 Å². The first-order valence-corrected chi connectivity index (χ1v) is 5.35. The summed E-state index contributed by atoms with van der Waals surface area (Å²) in [5.41, 5.74) is 2.09. The third-order valence-electron chi connectivity index (χ3n) is 2.95. The fourth-order valence-electron chi connectivity index (χ4n) is 2.10. The maximum absolute atomic E-state index is 11.0. The van der Waals surface area contributed by atoms with Crippen molar-refractivity contribution in [3.63, 3.8) is 0 Å². The smallest absolute Gasteiger partial charge is 0.331 e. The summed E-state index contributed by atoms with van der Waals surface area (Å²) in [6, 6.07) is 9.63. The van der Waals surface area contributed by atoms with E-state index in [1.54, 1.807) is 0 Å². The number of aliphatic hydroxyl groups is 1. The molecule has 0 heterocycles. The minimum atomic E-state index is -0.900. The summed E-state index contributed by atoms with van der Waals surface area (Å²) >= 11 is 0. The van der Waals surface area contributed by atoms with Crippen LogP contribution in [-0.2, 0) is 11.2 Å². The number of aliphatic carboxylic acids is 1. The standard InChI is InChI=1S/C13H14O3/c14-12-7-6-10(13(15)16)11(12)8-9-4-2-1-3-5-9/h1-5,12,14H,6-8H2,(H,15,16). The van der Waals surface area contributed by atoms with E-state index in [-0.39, 0.29) is 0 Å². The van der Waals surface area contributed by atoms with E-state index in [1.807, 2.05) is 30.3 Å². The number of hydrogen-bond donors (Lipinski definition) is 2. The van der Waals surface area contributed by atoms with E-state index in [9.17, 15) is 9.90 Å². The van der Waals surface area contributed by atoms with Crippen molar-refractivity contribution in [2.24, 2.45) is 0 Å². The molecular formula is C13H14O3. The van der Waals surface area contributed by atoms with Crippen LogP contribution in [-0.4, -0.2) is 22.3 Å². The van der Waals surface area contributed by atoms with Crippen molar-refractivity contribution < 1.29 is 15.0 Å². The molecule has 1 unspecified atom stereocenters. The van der Waals surface area contributed by atoms with Crippen LogP contribution in [0.2, 0.25) is 0 Å². The lowest BCUT2D eigenvalue weighted by Crippen LogP contribution is -2.09. The topological polar surface area (TPSA) is 57.5 Å². The molecule has 0 radical (unpaired) electrons. The van der Waals surface area contributed by atoms with Crippen molar-refractivity contribution in [2.75, 3.05) is 0 Å². The first-order chi connectivity index (χ1) is 7.68. The fraction of sp³-hybridized carbons (Fsp3) is 0.308. The van der Waals surface area contributed by atoms with Crippen molar-refractivity contribution in [3.05, 3.63) is 47.0 Å². The fourth-order valence-corrected chi connectivity index (χ4v) is 2.10. The number of carboxylic acid groups (broad SMARTS) is 1. The second-order valence-corrected chi connectivity index (χ2v) is 4.03. The number of hydrogen-bond acceptors (Lipinski definition) is 2. The Morgan fingerprint density at radius 1 is 1.31 bits per heavy atom. The molecule has 84 valence electrons. The summed E-state index contributed by atoms with van der Waals surface area (Å²) in [6.45, 7) is 0. The van der Waals surface area contributed by atoms with Crippen LogP contribution in [0.3, 0.4) is 0 Å². The molecule has 0 aromatic heterocycles. The molecule has 2 N–H and O–H groups in total. The summed E-state index contributed by atoms with van der Waals surface area (Å²) in [6.07, 6.45) is 0.942. The molecule has 16 heavy (non-hydrogen) atoms. The molecule has 3 heteroatoms. The van der Waals surface area contributed by atoms with Gasteiger partial charge < -0.3 is 10.2 Å². The van der Waals surface area contributed by atoms with Crippen molar-refractivity contribution in [1.29, 1.82) is 0 Å². The zero-order chi connectivity index (χ0) is 11.5. The van der Waals surface area contributed by atoms with Crippen LogP contribution in [0.1, 0.15) is 18.4 Å². The molecule has 0 spiro atoms. The summed E-state index contributed by atoms with van der Waals surface area (Å²) < 4.78 is 0. The van der Waals surface area contributed by atoms with Crippen LogP contribution in [0.5, 0.6) is 0 Å². The van der Waals surface area contributed by atoms with Gasteiger partial charge in [-0.15, -0.1) is 0 Å². The molecule has 0 saturated heterocycles. The quantitative estimate of drug-likeness (QED) is 0.812. The van der Waals surface area contributed by atoms with Gasteiger partial charge in [-0.3, -0.25) is 0 Å². The average Bonchev–Trinajstić information content (AvgIpc) is 2.62. The van der Waals surface area contributed by atoms with Gasteiger partial charge in [0.25, 0.3) is 0 Å². The molecule has 0 fully saturated rings. The predicted octanol–water partition coefficient (Wildman–Crippen LogP) is 1.77. The van der Waals surface area contributed by atoms with Crippen molar-refractivity contribution in [2.45, 2.75) is 25.4 Å². The highest BCUT2D eigenvalue weighted by Gasteiger charge is 2.27. The average molecular weight is 218 g/mol. The molecule has 0 bridgehead atoms. The first kappa shape index (κ1) is 10.9. The first-order valence-electron chi connectivity index (χ1n) is 5.35. The minimum Gasteiger partial charge on any atom is -0.478 e. The number of rotatable bonds is 3. The number of aliphatic hydroxyl groups excluding tert-OH is 1. The second kappa shape index (κ2) is 4.49. The highest BCUT2D eigenvalue weighted by atomic mass is 16.4. The number of benzene rings is 1. The van der Waals surface area contributed by atoms with Gasteiger partial charge in [0, 0.05) is 5.57 Å². The van der Waals surface area contributed by atoms with Crippen LogP contribution < -0.4 is 0 Å². The Morgan fingerprint density at radius 3 is 2.62 bits per heavy atom. The Bertz CT molecular complexity index is 420. The lowest BCUT2D eigenvalue weighted by Gasteiger charge is -2.09. The third kappa shape index (κ3) is 2.14. The van der Waals surface area contributed by atoms with Gasteiger partial charge in [-0.05, 0) is 30.4 Å². The highest BCUT2D eigenvalue weighted by molar-refractivity contribution is 5.88. The zero-order valence-corrected chi connectivity index (χ0v) is 8.89. The maximum atomic E-state index is 11.0. The van der Waals surface area contributed by atoms with Gasteiger partial charge in [0.05, 0.1) is 6.10 Å². The normalized spacial score (nSPS) is 20.2. The molecule has 1 aromatic carbocycles. The molecule has 1 aromatic rings. The van der Waals surface area contributed by atoms with Gasteiger partial charge >= 0.3 is 5.97 Å². The maximum Gasteiger partial charge on any atom is 0.331 e. The van der Waals surface area contributed by atoms with E-state index < -0.39 is 12.1 Å². The van der Waals surface area contributed by atoms with E-state index in [0.717, 1.165) is 5.56 Å². The van der Waals surface area contributed by atoms with Gasteiger partial charge in [0.2, 0.25) is 0 Å². The molecule has 3 nitrogen and oxygen atoms in total. The Morgan fingerprint density at radius 2 is 2.00 bits per heavy atom.